The van der Waals surface area contributed by atoms with Crippen molar-refractivity contribution in [1.82, 2.24) is 9.55 Å². The smallest absolute Gasteiger partial charge is 0.416 e. The van der Waals surface area contributed by atoms with Gasteiger partial charge in [0.15, 0.2) is 15.7 Å². The number of aryl methyl sites for hydroxylation is 1. The summed E-state index contributed by atoms with van der Waals surface area (Å²) in [5, 5.41) is 2.23. The van der Waals surface area contributed by atoms with Gasteiger partial charge < -0.3 is 14.0 Å². The molecule has 2 rings (SSSR count). The lowest BCUT2D eigenvalue weighted by Crippen LogP contribution is -2.19. The maximum atomic E-state index is 12.5. The quantitative estimate of drug-likeness (QED) is 0.646. The Balaban J connectivity index is 1.91. The predicted octanol–water partition coefficient (Wildman–Crippen LogP) is 2.64. The second kappa shape index (κ2) is 9.15. The van der Waals surface area contributed by atoms with Crippen molar-refractivity contribution >= 4 is 27.7 Å². The summed E-state index contributed by atoms with van der Waals surface area (Å²) in [7, 11) is -2.46. The first-order valence-electron chi connectivity index (χ1n) is 8.48. The van der Waals surface area contributed by atoms with E-state index in [-0.39, 0.29) is 23.1 Å². The van der Waals surface area contributed by atoms with Gasteiger partial charge >= 0.3 is 18.2 Å². The highest BCUT2D eigenvalue weighted by Crippen LogP contribution is 2.29. The molecule has 1 amide bonds. The number of hydrogen-bond donors (Lipinski definition) is 1. The minimum Gasteiger partial charge on any atom is -0.460 e. The monoisotopic (exact) mass is 449 g/mol. The van der Waals surface area contributed by atoms with Gasteiger partial charge in [-0.05, 0) is 31.2 Å². The van der Waals surface area contributed by atoms with Gasteiger partial charge in [-0.3, -0.25) is 5.32 Å². The number of amides is 1. The van der Waals surface area contributed by atoms with Crippen LogP contribution in [0.3, 0.4) is 0 Å². The summed E-state index contributed by atoms with van der Waals surface area (Å²) in [4.78, 5) is 27.0. The van der Waals surface area contributed by atoms with Crippen molar-refractivity contribution in [2.24, 2.45) is 7.05 Å². The molecule has 13 heteroatoms. The van der Waals surface area contributed by atoms with Gasteiger partial charge in [-0.2, -0.15) is 13.2 Å². The van der Waals surface area contributed by atoms with Gasteiger partial charge in [0.25, 0.3) is 0 Å². The third kappa shape index (κ3) is 5.95. The topological polar surface area (TPSA) is 117 Å². The second-order valence-electron chi connectivity index (χ2n) is 5.88. The fourth-order valence-corrected chi connectivity index (χ4v) is 3.35. The molecule has 0 aliphatic carbocycles. The minimum absolute atomic E-state index is 0.0175. The van der Waals surface area contributed by atoms with Gasteiger partial charge in [0.05, 0.1) is 22.8 Å². The van der Waals surface area contributed by atoms with E-state index in [0.717, 1.165) is 12.1 Å². The number of nitrogens with one attached hydrogen (secondary N) is 1. The molecule has 1 heterocycles. The second-order valence-corrected chi connectivity index (χ2v) is 7.99. The highest BCUT2D eigenvalue weighted by atomic mass is 32.2. The van der Waals surface area contributed by atoms with Crippen molar-refractivity contribution < 1.29 is 40.7 Å². The normalized spacial score (nSPS) is 11.8. The molecule has 0 bridgehead atoms. The number of rotatable bonds is 7. The third-order valence-corrected chi connectivity index (χ3v) is 5.39. The number of esters is 1. The van der Waals surface area contributed by atoms with Crippen molar-refractivity contribution in [1.29, 1.82) is 0 Å². The summed E-state index contributed by atoms with van der Waals surface area (Å²) in [5.41, 5.74) is -0.977. The number of halogens is 3. The lowest BCUT2D eigenvalue weighted by atomic mass is 10.2. The van der Waals surface area contributed by atoms with Crippen LogP contribution in [0.4, 0.5) is 23.8 Å². The van der Waals surface area contributed by atoms with Crippen molar-refractivity contribution in [3.05, 3.63) is 41.9 Å². The Labute approximate surface area is 169 Å². The van der Waals surface area contributed by atoms with Crippen LogP contribution in [0.15, 0.2) is 35.4 Å². The molecule has 0 radical (unpaired) electrons. The van der Waals surface area contributed by atoms with Crippen LogP contribution in [0.2, 0.25) is 0 Å². The highest BCUT2D eigenvalue weighted by Gasteiger charge is 2.30. The number of anilines is 1. The summed E-state index contributed by atoms with van der Waals surface area (Å²) in [5.74, 6) is -1.40. The summed E-state index contributed by atoms with van der Waals surface area (Å²) in [6, 6.07) is 2.98. The van der Waals surface area contributed by atoms with Crippen LogP contribution in [0.1, 0.15) is 23.1 Å². The molecule has 1 N–H and O–H groups in total. The van der Waals surface area contributed by atoms with E-state index >= 15 is 0 Å². The van der Waals surface area contributed by atoms with Gasteiger partial charge in [0.2, 0.25) is 5.82 Å². The van der Waals surface area contributed by atoms with E-state index in [2.05, 4.69) is 10.3 Å². The SMILES string of the molecule is CCOC(=O)c1nc(NC(=O)OCCS(=O)(=O)c2ccc(C(F)(F)F)cc2)cn1C. The lowest BCUT2D eigenvalue weighted by Gasteiger charge is -2.09. The molecule has 2 aromatic rings. The zero-order valence-corrected chi connectivity index (χ0v) is 16.7. The Morgan fingerprint density at radius 3 is 2.37 bits per heavy atom. The first-order valence-corrected chi connectivity index (χ1v) is 10.1. The zero-order chi connectivity index (χ0) is 22.5. The Bertz CT molecular complexity index is 1020. The third-order valence-electron chi connectivity index (χ3n) is 3.69. The molecule has 0 aliphatic rings. The first kappa shape index (κ1) is 23.2. The molecule has 164 valence electrons. The molecule has 0 saturated carbocycles. The van der Waals surface area contributed by atoms with Crippen molar-refractivity contribution in [3.8, 4) is 0 Å². The van der Waals surface area contributed by atoms with Crippen LogP contribution in [-0.4, -0.2) is 49.0 Å². The fourth-order valence-electron chi connectivity index (χ4n) is 2.27. The van der Waals surface area contributed by atoms with Crippen LogP contribution < -0.4 is 5.32 Å². The number of sulfone groups is 1. The van der Waals surface area contributed by atoms with E-state index in [1.165, 1.54) is 17.8 Å². The summed E-state index contributed by atoms with van der Waals surface area (Å²) < 4.78 is 72.9. The summed E-state index contributed by atoms with van der Waals surface area (Å²) >= 11 is 0. The van der Waals surface area contributed by atoms with Crippen LogP contribution in [0.25, 0.3) is 0 Å². The van der Waals surface area contributed by atoms with Gasteiger partial charge in [-0.15, -0.1) is 0 Å². The molecule has 0 atom stereocenters. The van der Waals surface area contributed by atoms with Crippen molar-refractivity contribution in [2.45, 2.75) is 18.0 Å². The van der Waals surface area contributed by atoms with Crippen LogP contribution in [0, 0.1) is 0 Å². The van der Waals surface area contributed by atoms with Gasteiger partial charge in [0, 0.05) is 13.2 Å². The average molecular weight is 449 g/mol. The standard InChI is InChI=1S/C17H18F3N3O6S/c1-3-28-15(24)14-21-13(10-23(14)2)22-16(25)29-8-9-30(26,27)12-6-4-11(5-7-12)17(18,19)20/h4-7,10H,3,8-9H2,1-2H3,(H,22,25). The van der Waals surface area contributed by atoms with E-state index in [9.17, 15) is 31.2 Å². The fraction of sp³-hybridized carbons (Fsp3) is 0.353. The van der Waals surface area contributed by atoms with Gasteiger partial charge in [-0.1, -0.05) is 0 Å². The molecule has 0 spiro atoms. The molecular weight excluding hydrogens is 431 g/mol. The van der Waals surface area contributed by atoms with Gasteiger partial charge in [0.1, 0.15) is 6.61 Å². The zero-order valence-electron chi connectivity index (χ0n) is 15.9. The Morgan fingerprint density at radius 2 is 1.80 bits per heavy atom. The molecule has 0 unspecified atom stereocenters. The van der Waals surface area contributed by atoms with E-state index in [1.54, 1.807) is 6.92 Å². The van der Waals surface area contributed by atoms with E-state index in [4.69, 9.17) is 9.47 Å². The molecule has 0 saturated heterocycles. The molecule has 0 aliphatic heterocycles. The minimum atomic E-state index is -4.58. The maximum Gasteiger partial charge on any atom is 0.416 e. The molecule has 1 aromatic carbocycles. The number of nitrogens with zero attached hydrogens (tertiary/aromatic N) is 2. The summed E-state index contributed by atoms with van der Waals surface area (Å²) in [6.07, 6.45) is -4.28. The largest absolute Gasteiger partial charge is 0.460 e. The lowest BCUT2D eigenvalue weighted by molar-refractivity contribution is -0.137. The number of carbonyl (C=O) groups excluding carboxylic acids is 2. The highest BCUT2D eigenvalue weighted by molar-refractivity contribution is 7.91. The maximum absolute atomic E-state index is 12.5. The number of ether oxygens (including phenoxy) is 2. The Hall–Kier alpha value is -3.09. The van der Waals surface area contributed by atoms with Crippen LogP contribution in [-0.2, 0) is 32.5 Å². The number of imidazole rings is 1. The summed E-state index contributed by atoms with van der Waals surface area (Å²) in [6.45, 7) is 1.22. The van der Waals surface area contributed by atoms with E-state index < -0.39 is 46.0 Å². The molecular formula is C17H18F3N3O6S. The molecule has 1 aromatic heterocycles. The molecule has 30 heavy (non-hydrogen) atoms. The average Bonchev–Trinajstić information content (AvgIpc) is 3.01. The Kier molecular flexibility index (Phi) is 7.08. The van der Waals surface area contributed by atoms with Crippen molar-refractivity contribution in [2.75, 3.05) is 24.3 Å². The number of alkyl halides is 3. The van der Waals surface area contributed by atoms with Crippen LogP contribution >= 0.6 is 0 Å². The number of carbonyl (C=O) groups is 2. The predicted molar refractivity (Wildman–Crippen MR) is 97.6 cm³/mol. The van der Waals surface area contributed by atoms with E-state index in [1.807, 2.05) is 0 Å². The number of hydrogen-bond acceptors (Lipinski definition) is 7. The number of aromatic nitrogens is 2. The first-order chi connectivity index (χ1) is 13.9. The Morgan fingerprint density at radius 1 is 1.17 bits per heavy atom. The molecule has 0 fully saturated rings. The molecule has 9 nitrogen and oxygen atoms in total. The van der Waals surface area contributed by atoms with E-state index in [0.29, 0.717) is 12.1 Å². The number of benzene rings is 1. The van der Waals surface area contributed by atoms with Crippen molar-refractivity contribution in [3.63, 3.8) is 0 Å². The van der Waals surface area contributed by atoms with Gasteiger partial charge in [-0.25, -0.2) is 23.0 Å². The van der Waals surface area contributed by atoms with Crippen LogP contribution in [0.5, 0.6) is 0 Å².